The van der Waals surface area contributed by atoms with E-state index < -0.39 is 11.8 Å². The molecule has 3 heterocycles. The zero-order chi connectivity index (χ0) is 31.0. The van der Waals surface area contributed by atoms with Gasteiger partial charge in [0.05, 0.1) is 17.9 Å². The molecule has 44 heavy (non-hydrogen) atoms. The molecule has 0 saturated carbocycles. The molecular formula is C34H32N4O4S2. The normalized spacial score (nSPS) is 15.8. The van der Waals surface area contributed by atoms with Crippen LogP contribution in [0.2, 0.25) is 0 Å². The number of hydrogen-bond donors (Lipinski definition) is 2. The van der Waals surface area contributed by atoms with Crippen molar-refractivity contribution in [3.05, 3.63) is 99.2 Å². The molecule has 3 amide bonds. The van der Waals surface area contributed by atoms with Crippen LogP contribution in [0.25, 0.3) is 11.1 Å². The number of aryl methyl sites for hydroxylation is 2. The summed E-state index contributed by atoms with van der Waals surface area (Å²) in [6, 6.07) is 18.4. The Labute approximate surface area is 265 Å². The molecule has 1 fully saturated rings. The molecule has 2 aliphatic rings. The van der Waals surface area contributed by atoms with Crippen LogP contribution in [0.3, 0.4) is 0 Å². The van der Waals surface area contributed by atoms with Gasteiger partial charge in [0.15, 0.2) is 5.11 Å². The van der Waals surface area contributed by atoms with Gasteiger partial charge >= 0.3 is 0 Å². The smallest absolute Gasteiger partial charge is 0.270 e. The van der Waals surface area contributed by atoms with E-state index in [-0.39, 0.29) is 16.6 Å². The highest BCUT2D eigenvalue weighted by atomic mass is 32.1. The highest BCUT2D eigenvalue weighted by Gasteiger charge is 2.35. The lowest BCUT2D eigenvalue weighted by Gasteiger charge is -2.29. The second-order valence-electron chi connectivity index (χ2n) is 10.8. The minimum absolute atomic E-state index is 0.0185. The highest BCUT2D eigenvalue weighted by Crippen LogP contribution is 2.39. The number of rotatable bonds is 7. The molecule has 1 aliphatic heterocycles. The van der Waals surface area contributed by atoms with E-state index >= 15 is 0 Å². The van der Waals surface area contributed by atoms with Crippen LogP contribution in [0.4, 0.5) is 11.4 Å². The third kappa shape index (κ3) is 5.46. The topological polar surface area (TPSA) is 92.7 Å². The Bertz CT molecular complexity index is 1820. The number of benzene rings is 2. The quantitative estimate of drug-likeness (QED) is 0.139. The predicted octanol–water partition coefficient (Wildman–Crippen LogP) is 6.52. The maximum absolute atomic E-state index is 13.8. The van der Waals surface area contributed by atoms with Crippen LogP contribution in [0.15, 0.2) is 66.2 Å². The lowest BCUT2D eigenvalue weighted by atomic mass is 9.95. The molecule has 4 aromatic rings. The van der Waals surface area contributed by atoms with E-state index in [1.165, 1.54) is 9.78 Å². The number of aromatic nitrogens is 1. The number of nitrogens with zero attached hydrogens (tertiary/aromatic N) is 2. The number of carbonyl (C=O) groups is 3. The fourth-order valence-electron chi connectivity index (χ4n) is 5.81. The van der Waals surface area contributed by atoms with Gasteiger partial charge in [-0.3, -0.25) is 24.6 Å². The molecule has 2 aromatic heterocycles. The van der Waals surface area contributed by atoms with Gasteiger partial charge in [0.2, 0.25) is 0 Å². The molecule has 8 nitrogen and oxygen atoms in total. The molecule has 224 valence electrons. The number of thiophene rings is 1. The van der Waals surface area contributed by atoms with Crippen molar-refractivity contribution in [3.63, 3.8) is 0 Å². The van der Waals surface area contributed by atoms with Gasteiger partial charge in [0.25, 0.3) is 17.7 Å². The van der Waals surface area contributed by atoms with Gasteiger partial charge in [-0.1, -0.05) is 18.2 Å². The van der Waals surface area contributed by atoms with Crippen molar-refractivity contribution in [2.24, 2.45) is 0 Å². The Morgan fingerprint density at radius 3 is 2.52 bits per heavy atom. The van der Waals surface area contributed by atoms with Gasteiger partial charge in [-0.15, -0.1) is 11.3 Å². The number of carbonyl (C=O) groups excluding carboxylic acids is 3. The Morgan fingerprint density at radius 2 is 1.80 bits per heavy atom. The van der Waals surface area contributed by atoms with Gasteiger partial charge in [-0.05, 0) is 118 Å². The van der Waals surface area contributed by atoms with Gasteiger partial charge in [-0.25, -0.2) is 0 Å². The number of anilines is 2. The van der Waals surface area contributed by atoms with E-state index in [1.54, 1.807) is 41.7 Å². The van der Waals surface area contributed by atoms with E-state index in [2.05, 4.69) is 15.2 Å². The Morgan fingerprint density at radius 1 is 1.07 bits per heavy atom. The van der Waals surface area contributed by atoms with E-state index in [0.717, 1.165) is 53.3 Å². The Balaban J connectivity index is 1.38. The summed E-state index contributed by atoms with van der Waals surface area (Å²) in [4.78, 5) is 43.1. The van der Waals surface area contributed by atoms with Crippen molar-refractivity contribution in [2.45, 2.75) is 46.5 Å². The maximum atomic E-state index is 13.8. The largest absolute Gasteiger partial charge is 0.494 e. The summed E-state index contributed by atoms with van der Waals surface area (Å²) >= 11 is 7.03. The summed E-state index contributed by atoms with van der Waals surface area (Å²) in [6.45, 7) is 6.33. The number of para-hydroxylation sites is 1. The van der Waals surface area contributed by atoms with E-state index in [4.69, 9.17) is 17.0 Å². The van der Waals surface area contributed by atoms with Crippen LogP contribution in [0.5, 0.6) is 5.75 Å². The zero-order valence-electron chi connectivity index (χ0n) is 24.7. The summed E-state index contributed by atoms with van der Waals surface area (Å²) in [5.41, 5.74) is 5.46. The van der Waals surface area contributed by atoms with Crippen LogP contribution < -0.4 is 20.3 Å². The van der Waals surface area contributed by atoms with Gasteiger partial charge in [-0.2, -0.15) is 0 Å². The van der Waals surface area contributed by atoms with Crippen molar-refractivity contribution in [1.82, 2.24) is 9.88 Å². The molecule has 6 rings (SSSR count). The molecule has 1 aliphatic carbocycles. The predicted molar refractivity (Wildman–Crippen MR) is 178 cm³/mol. The van der Waals surface area contributed by atoms with Crippen LogP contribution in [-0.2, 0) is 22.4 Å². The average Bonchev–Trinajstić information content (AvgIpc) is 3.52. The minimum atomic E-state index is -0.554. The van der Waals surface area contributed by atoms with Crippen molar-refractivity contribution < 1.29 is 19.1 Å². The lowest BCUT2D eigenvalue weighted by molar-refractivity contribution is -0.122. The van der Waals surface area contributed by atoms with E-state index in [1.807, 2.05) is 57.2 Å². The van der Waals surface area contributed by atoms with E-state index in [0.29, 0.717) is 29.2 Å². The first-order valence-electron chi connectivity index (χ1n) is 14.6. The lowest BCUT2D eigenvalue weighted by Crippen LogP contribution is -2.54. The molecule has 0 spiro atoms. The molecule has 0 radical (unpaired) electrons. The fourth-order valence-corrected chi connectivity index (χ4v) is 7.59. The summed E-state index contributed by atoms with van der Waals surface area (Å²) in [5, 5.41) is 6.61. The summed E-state index contributed by atoms with van der Waals surface area (Å²) in [7, 11) is 0. The molecule has 1 saturated heterocycles. The third-order valence-corrected chi connectivity index (χ3v) is 9.45. The number of hydrogen-bond acceptors (Lipinski definition) is 6. The second kappa shape index (κ2) is 12.2. The van der Waals surface area contributed by atoms with Crippen molar-refractivity contribution >= 4 is 63.8 Å². The van der Waals surface area contributed by atoms with Crippen LogP contribution >= 0.6 is 23.6 Å². The van der Waals surface area contributed by atoms with Crippen molar-refractivity contribution in [3.8, 4) is 10.8 Å². The molecule has 2 aromatic carbocycles. The first kappa shape index (κ1) is 29.5. The molecule has 0 atom stereocenters. The Hall–Kier alpha value is -4.54. The van der Waals surface area contributed by atoms with Gasteiger partial charge in [0.1, 0.15) is 16.3 Å². The zero-order valence-corrected chi connectivity index (χ0v) is 26.4. The van der Waals surface area contributed by atoms with Crippen LogP contribution in [-0.4, -0.2) is 34.0 Å². The fraction of sp³-hybridized carbons (Fsp3) is 0.235. The number of nitrogens with one attached hydrogen (secondary N) is 2. The maximum Gasteiger partial charge on any atom is 0.270 e. The third-order valence-electron chi connectivity index (χ3n) is 7.89. The first-order chi connectivity index (χ1) is 21.3. The Kier molecular flexibility index (Phi) is 8.20. The monoisotopic (exact) mass is 624 g/mol. The molecular weight excluding hydrogens is 593 g/mol. The van der Waals surface area contributed by atoms with Crippen molar-refractivity contribution in [2.75, 3.05) is 16.8 Å². The van der Waals surface area contributed by atoms with E-state index in [9.17, 15) is 14.4 Å². The average molecular weight is 625 g/mol. The number of amides is 3. The van der Waals surface area contributed by atoms with Gasteiger partial charge in [0, 0.05) is 22.0 Å². The van der Waals surface area contributed by atoms with Crippen molar-refractivity contribution in [1.29, 1.82) is 0 Å². The molecule has 10 heteroatoms. The van der Waals surface area contributed by atoms with Crippen LogP contribution in [0, 0.1) is 13.8 Å². The molecule has 0 bridgehead atoms. The first-order valence-corrected chi connectivity index (χ1v) is 15.8. The highest BCUT2D eigenvalue weighted by molar-refractivity contribution is 7.80. The summed E-state index contributed by atoms with van der Waals surface area (Å²) in [5.74, 6) is -0.533. The number of fused-ring (bicyclic) bond motifs is 1. The summed E-state index contributed by atoms with van der Waals surface area (Å²) in [6.07, 6.45) is 5.54. The minimum Gasteiger partial charge on any atom is -0.494 e. The molecule has 2 N–H and O–H groups in total. The standard InChI is InChI=1S/C34H32N4O4S2/c1-4-42-25-16-14-24(15-17-25)38-32(41)27(30(39)36-34(38)43)19-22-18-20(2)37(21(22)3)33-29(26-12-8-9-13-28(26)44-33)31(40)35-23-10-6-5-7-11-23/h5-7,10-11,14-19H,4,8-9,12-13H2,1-3H3,(H,35,40)(H,36,39,43). The summed E-state index contributed by atoms with van der Waals surface area (Å²) < 4.78 is 7.58. The van der Waals surface area contributed by atoms with Crippen LogP contribution in [0.1, 0.15) is 57.5 Å². The number of thiocarbonyl (C=S) groups is 1. The molecule has 0 unspecified atom stereocenters. The SMILES string of the molecule is CCOc1ccc(N2C(=O)C(=Cc3cc(C)n(-c4sc5c(c4C(=O)Nc4ccccc4)CCCC5)c3C)C(=O)NC2=S)cc1. The second-order valence-corrected chi connectivity index (χ2v) is 12.2. The van der Waals surface area contributed by atoms with Gasteiger partial charge < -0.3 is 14.6 Å². The number of ether oxygens (including phenoxy) is 1.